The molecule has 0 spiro atoms. The van der Waals surface area contributed by atoms with Crippen molar-refractivity contribution < 1.29 is 21.9 Å². The van der Waals surface area contributed by atoms with Crippen molar-refractivity contribution in [2.75, 3.05) is 20.1 Å². The van der Waals surface area contributed by atoms with Gasteiger partial charge in [-0.3, -0.25) is 9.35 Å². The van der Waals surface area contributed by atoms with Crippen LogP contribution >= 0.6 is 0 Å². The van der Waals surface area contributed by atoms with Crippen LogP contribution in [0, 0.1) is 0 Å². The van der Waals surface area contributed by atoms with E-state index in [0.717, 1.165) is 0 Å². The third-order valence-corrected chi connectivity index (χ3v) is 2.36. The van der Waals surface area contributed by atoms with E-state index in [1.807, 2.05) is 0 Å². The predicted molar refractivity (Wildman–Crippen MR) is 53.0 cm³/mol. The first kappa shape index (κ1) is 15.8. The highest BCUT2D eigenvalue weighted by atomic mass is 32.2. The highest BCUT2D eigenvalue weighted by Gasteiger charge is 2.45. The smallest absolute Gasteiger partial charge is 0.405 e. The summed E-state index contributed by atoms with van der Waals surface area (Å²) in [7, 11) is 1.71. The van der Waals surface area contributed by atoms with Crippen LogP contribution in [0.3, 0.4) is 0 Å². The molecular weight excluding hydrogens is 247 g/mol. The molecule has 1 saturated heterocycles. The van der Waals surface area contributed by atoms with Crippen molar-refractivity contribution in [2.45, 2.75) is 25.2 Å². The summed E-state index contributed by atoms with van der Waals surface area (Å²) >= 11 is -2.36. The minimum atomic E-state index is -4.13. The lowest BCUT2D eigenvalue weighted by Gasteiger charge is -2.38. The molecule has 1 rings (SSSR count). The highest BCUT2D eigenvalue weighted by Crippen LogP contribution is 2.25. The molecular formula is C7H15F3N3O2S-. The van der Waals surface area contributed by atoms with Crippen molar-refractivity contribution in [3.05, 3.63) is 0 Å². The monoisotopic (exact) mass is 262 g/mol. The molecule has 0 amide bonds. The number of halogens is 3. The Morgan fingerprint density at radius 2 is 2.00 bits per heavy atom. The number of hydrogen-bond donors (Lipinski definition) is 2. The number of nitrogens with one attached hydrogen (secondary N) is 1. The zero-order chi connectivity index (χ0) is 12.9. The van der Waals surface area contributed by atoms with E-state index < -0.39 is 29.5 Å². The molecule has 3 atom stereocenters. The Labute approximate surface area is 94.6 Å². The third kappa shape index (κ3) is 5.75. The van der Waals surface area contributed by atoms with Gasteiger partial charge in [0.2, 0.25) is 0 Å². The predicted octanol–water partition coefficient (Wildman–Crippen LogP) is -0.420. The van der Waals surface area contributed by atoms with Gasteiger partial charge in [-0.05, 0) is 14.0 Å². The summed E-state index contributed by atoms with van der Waals surface area (Å²) in [6.45, 7) is 2.67. The number of piperazine rings is 1. The second-order valence-electron chi connectivity index (χ2n) is 3.46. The lowest BCUT2D eigenvalue weighted by Crippen LogP contribution is -2.61. The van der Waals surface area contributed by atoms with Gasteiger partial charge in [0.1, 0.15) is 6.04 Å². The highest BCUT2D eigenvalue weighted by molar-refractivity contribution is 7.76. The summed E-state index contributed by atoms with van der Waals surface area (Å²) in [5, 5.41) is 6.50. The maximum atomic E-state index is 12.3. The molecule has 1 aliphatic heterocycles. The molecule has 0 aromatic heterocycles. The zero-order valence-electron chi connectivity index (χ0n) is 8.95. The van der Waals surface area contributed by atoms with Gasteiger partial charge < -0.3 is 14.8 Å². The molecule has 16 heavy (non-hydrogen) atoms. The van der Waals surface area contributed by atoms with Crippen molar-refractivity contribution in [2.24, 2.45) is 5.14 Å². The minimum absolute atomic E-state index is 0.408. The molecule has 0 aromatic carbocycles. The van der Waals surface area contributed by atoms with Crippen LogP contribution in [-0.4, -0.2) is 52.1 Å². The number of likely N-dealkylation sites (N-methyl/N-ethyl adjacent to an activating group) is 1. The lowest BCUT2D eigenvalue weighted by molar-refractivity contribution is -0.173. The maximum Gasteiger partial charge on any atom is 0.405 e. The lowest BCUT2D eigenvalue weighted by atomic mass is 10.1. The van der Waals surface area contributed by atoms with Crippen molar-refractivity contribution in [3.63, 3.8) is 0 Å². The van der Waals surface area contributed by atoms with Crippen molar-refractivity contribution in [1.29, 1.82) is 0 Å². The first-order valence-corrected chi connectivity index (χ1v) is 5.64. The molecule has 0 radical (unpaired) electrons. The number of alkyl halides is 3. The van der Waals surface area contributed by atoms with Crippen LogP contribution in [0.5, 0.6) is 0 Å². The normalized spacial score (nSPS) is 29.2. The van der Waals surface area contributed by atoms with E-state index in [4.69, 9.17) is 8.76 Å². The van der Waals surface area contributed by atoms with Crippen LogP contribution in [0.2, 0.25) is 0 Å². The summed E-state index contributed by atoms with van der Waals surface area (Å²) in [5.41, 5.74) is 0. The van der Waals surface area contributed by atoms with Crippen LogP contribution < -0.4 is 10.5 Å². The molecule has 98 valence electrons. The van der Waals surface area contributed by atoms with E-state index in [1.54, 1.807) is 18.9 Å². The van der Waals surface area contributed by atoms with Crippen LogP contribution in [0.25, 0.3) is 0 Å². The van der Waals surface area contributed by atoms with Crippen LogP contribution in [0.1, 0.15) is 6.92 Å². The molecule has 5 nitrogen and oxygen atoms in total. The fourth-order valence-electron chi connectivity index (χ4n) is 1.41. The molecule has 9 heteroatoms. The second kappa shape index (κ2) is 6.50. The molecule has 1 heterocycles. The van der Waals surface area contributed by atoms with Crippen molar-refractivity contribution >= 4 is 11.3 Å². The van der Waals surface area contributed by atoms with Gasteiger partial charge in [-0.1, -0.05) is 0 Å². The summed E-state index contributed by atoms with van der Waals surface area (Å²) in [6.07, 6.45) is -4.13. The first-order valence-electron chi connectivity index (χ1n) is 4.50. The van der Waals surface area contributed by atoms with Crippen LogP contribution in [0.4, 0.5) is 13.2 Å². The summed E-state index contributed by atoms with van der Waals surface area (Å²) in [4.78, 5) is 1.72. The van der Waals surface area contributed by atoms with Crippen LogP contribution in [0.15, 0.2) is 0 Å². The maximum absolute atomic E-state index is 12.3. The largest absolute Gasteiger partial charge is 0.760 e. The van der Waals surface area contributed by atoms with E-state index in [1.165, 1.54) is 0 Å². The molecule has 1 aliphatic rings. The molecule has 3 unspecified atom stereocenters. The van der Waals surface area contributed by atoms with Gasteiger partial charge in [-0.15, -0.1) is 0 Å². The fraction of sp³-hybridized carbons (Fsp3) is 1.00. The Morgan fingerprint density at radius 3 is 2.31 bits per heavy atom. The van der Waals surface area contributed by atoms with Crippen LogP contribution in [-0.2, 0) is 11.3 Å². The van der Waals surface area contributed by atoms with Gasteiger partial charge >= 0.3 is 6.18 Å². The zero-order valence-corrected chi connectivity index (χ0v) is 9.77. The molecule has 0 bridgehead atoms. The van der Waals surface area contributed by atoms with Gasteiger partial charge in [0, 0.05) is 30.4 Å². The van der Waals surface area contributed by atoms with E-state index >= 15 is 0 Å². The molecule has 0 aromatic rings. The average Bonchev–Trinajstić information content (AvgIpc) is 2.06. The molecule has 0 saturated carbocycles. The van der Waals surface area contributed by atoms with Crippen molar-refractivity contribution in [3.8, 4) is 0 Å². The van der Waals surface area contributed by atoms with E-state index in [2.05, 4.69) is 10.5 Å². The summed E-state index contributed by atoms with van der Waals surface area (Å²) in [6, 6.07) is -1.85. The Morgan fingerprint density at radius 1 is 1.56 bits per heavy atom. The van der Waals surface area contributed by atoms with Crippen molar-refractivity contribution in [1.82, 2.24) is 10.2 Å². The standard InChI is InChI=1S/C7H13F3N2.H3NO2S/c1-5-6(7(8,9)10)11-3-4-12(5)2;1-4(2)3/h5-6,11H,3-4H2,1-2H3;1H2,(H,2,3)/p-1. The van der Waals surface area contributed by atoms with Gasteiger partial charge in [-0.25, -0.2) is 0 Å². The van der Waals surface area contributed by atoms with E-state index in [-0.39, 0.29) is 0 Å². The minimum Gasteiger partial charge on any atom is -0.760 e. The van der Waals surface area contributed by atoms with E-state index in [0.29, 0.717) is 13.1 Å². The number of nitrogens with two attached hydrogens (primary N) is 1. The third-order valence-electron chi connectivity index (χ3n) is 2.36. The summed E-state index contributed by atoms with van der Waals surface area (Å²) < 4.78 is 54.4. The Balaban J connectivity index is 0.000000487. The Bertz CT molecular complexity index is 235. The topological polar surface area (TPSA) is 81.4 Å². The van der Waals surface area contributed by atoms with Gasteiger partial charge in [-0.2, -0.15) is 13.2 Å². The second-order valence-corrected chi connectivity index (χ2v) is 3.98. The molecule has 1 fully saturated rings. The fourth-order valence-corrected chi connectivity index (χ4v) is 1.41. The molecule has 0 aliphatic carbocycles. The SMILES string of the molecule is CC1C(C(F)(F)F)NCCN1C.NS(=O)[O-]. The van der Waals surface area contributed by atoms with Gasteiger partial charge in [0.05, 0.1) is 0 Å². The number of nitrogens with zero attached hydrogens (tertiary/aromatic N) is 1. The quantitative estimate of drug-likeness (QED) is 0.581. The van der Waals surface area contributed by atoms with Gasteiger partial charge in [0.25, 0.3) is 0 Å². The number of rotatable bonds is 0. The summed E-state index contributed by atoms with van der Waals surface area (Å²) in [5.74, 6) is 0. The number of hydrogen-bond acceptors (Lipinski definition) is 4. The Hall–Kier alpha value is -0.220. The Kier molecular flexibility index (Phi) is 6.41. The molecule has 3 N–H and O–H groups in total. The van der Waals surface area contributed by atoms with Gasteiger partial charge in [0.15, 0.2) is 0 Å². The first-order chi connectivity index (χ1) is 7.16. The average molecular weight is 262 g/mol. The van der Waals surface area contributed by atoms with E-state index in [9.17, 15) is 13.2 Å².